The molecule has 6 heteroatoms. The first-order valence-corrected chi connectivity index (χ1v) is 9.19. The van der Waals surface area contributed by atoms with Gasteiger partial charge in [-0.25, -0.2) is 0 Å². The van der Waals surface area contributed by atoms with Crippen LogP contribution in [0.25, 0.3) is 0 Å². The molecule has 2 heterocycles. The van der Waals surface area contributed by atoms with E-state index in [1.165, 1.54) is 0 Å². The number of alkyl halides is 2. The molecule has 2 aliphatic carbocycles. The molecule has 0 amide bonds. The van der Waals surface area contributed by atoms with Gasteiger partial charge in [0.25, 0.3) is 0 Å². The zero-order chi connectivity index (χ0) is 10.9. The zero-order valence-electron chi connectivity index (χ0n) is 8.44. The van der Waals surface area contributed by atoms with Gasteiger partial charge >= 0.3 is 119 Å². The van der Waals surface area contributed by atoms with E-state index in [4.69, 9.17) is 9.47 Å². The van der Waals surface area contributed by atoms with Gasteiger partial charge in [-0.15, -0.1) is 0 Å². The first kappa shape index (κ1) is 10.7. The van der Waals surface area contributed by atoms with E-state index in [1.54, 1.807) is 0 Å². The van der Waals surface area contributed by atoms with E-state index in [9.17, 15) is 4.79 Å². The zero-order valence-corrected chi connectivity index (χ0v) is 12.8. The van der Waals surface area contributed by atoms with Crippen LogP contribution in [0.4, 0.5) is 0 Å². The fourth-order valence-corrected chi connectivity index (χ4v) is 6.55. The number of hydrogen-bond donors (Lipinski definition) is 1. The quantitative estimate of drug-likeness (QED) is 0.131. The number of esters is 1. The molecule has 90 valence electrons. The molecule has 2 saturated heterocycles. The van der Waals surface area contributed by atoms with Crippen molar-refractivity contribution >= 4 is 28.6 Å². The molecule has 1 N–H and O–H groups in total. The van der Waals surface area contributed by atoms with Crippen molar-refractivity contribution in [2.24, 2.45) is 17.8 Å². The maximum atomic E-state index is 11.6. The monoisotopic (exact) mass is 448 g/mol. The molecule has 0 aromatic rings. The van der Waals surface area contributed by atoms with Crippen molar-refractivity contribution in [3.8, 4) is 0 Å². The Labute approximate surface area is 118 Å². The van der Waals surface area contributed by atoms with Crippen LogP contribution >= 0.6 is 22.6 Å². The van der Waals surface area contributed by atoms with Crippen LogP contribution in [0.1, 0.15) is 12.8 Å². The van der Waals surface area contributed by atoms with Gasteiger partial charge in [0.1, 0.15) is 0 Å². The average Bonchev–Trinajstić information content (AvgIpc) is 2.89. The van der Waals surface area contributed by atoms with Crippen molar-refractivity contribution in [3.05, 3.63) is 0 Å². The molecule has 2 bridgehead atoms. The second-order valence-electron chi connectivity index (χ2n) is 4.98. The van der Waals surface area contributed by atoms with Crippen LogP contribution in [0, 0.1) is 17.8 Å². The second kappa shape index (κ2) is 3.67. The third kappa shape index (κ3) is 1.48. The van der Waals surface area contributed by atoms with Crippen LogP contribution in [0.15, 0.2) is 0 Å². The molecular weight excluding hydrogens is 436 g/mol. The van der Waals surface area contributed by atoms with E-state index in [2.05, 4.69) is 26.1 Å². The molecule has 0 aromatic carbocycles. The Kier molecular flexibility index (Phi) is 2.47. The molecule has 16 heavy (non-hydrogen) atoms. The van der Waals surface area contributed by atoms with Gasteiger partial charge in [0.2, 0.25) is 0 Å². The minimum absolute atomic E-state index is 0.0329. The number of carbonyl (C=O) groups excluding carboxylic acids is 1. The molecule has 0 spiro atoms. The van der Waals surface area contributed by atoms with Crippen LogP contribution in [0.5, 0.6) is 0 Å². The number of halogens is 2. The van der Waals surface area contributed by atoms with Gasteiger partial charge in [0, 0.05) is 0 Å². The fraction of sp³-hybridized carbons (Fsp3) is 0.900. The van der Waals surface area contributed by atoms with Gasteiger partial charge in [-0.3, -0.25) is 0 Å². The fourth-order valence-electron chi connectivity index (χ4n) is 3.44. The number of nitrogens with one attached hydrogen (secondary N) is 1. The van der Waals surface area contributed by atoms with Crippen molar-refractivity contribution in [2.45, 2.75) is 33.2 Å². The molecular formula is C10H12I2NO3-. The Morgan fingerprint density at radius 1 is 1.56 bits per heavy atom. The summed E-state index contributed by atoms with van der Waals surface area (Å²) >= 11 is 2.57. The summed E-state index contributed by atoms with van der Waals surface area (Å²) in [5.41, 5.74) is 0. The molecule has 2 saturated carbocycles. The Bertz CT molecular complexity index is 349. The first-order valence-electron chi connectivity index (χ1n) is 5.62. The van der Waals surface area contributed by atoms with E-state index >= 15 is 0 Å². The number of fused-ring (bicyclic) bond motifs is 1. The number of ether oxygens (including phenoxy) is 2. The predicted octanol–water partition coefficient (Wildman–Crippen LogP) is -2.35. The Morgan fingerprint density at radius 3 is 3.12 bits per heavy atom. The molecule has 4 rings (SSSR count). The van der Waals surface area contributed by atoms with E-state index in [0.717, 1.165) is 12.8 Å². The average molecular weight is 448 g/mol. The Balaban J connectivity index is 1.51. The molecule has 4 fully saturated rings. The van der Waals surface area contributed by atoms with Crippen molar-refractivity contribution in [1.29, 1.82) is 0 Å². The summed E-state index contributed by atoms with van der Waals surface area (Å²) in [6.07, 6.45) is 2.40. The van der Waals surface area contributed by atoms with Gasteiger partial charge in [-0.1, -0.05) is 0 Å². The Hall–Kier alpha value is 0.850. The molecule has 2 aliphatic heterocycles. The summed E-state index contributed by atoms with van der Waals surface area (Å²) in [4.78, 5) is 11.6. The summed E-state index contributed by atoms with van der Waals surface area (Å²) in [6, 6.07) is 0. The standard InChI is InChI=1S/C10H12I2NO3/c11-8(9-12-13-9)15-6-3-1-4-5(2-3)10(14)16-7(4)6/h3-9,13H,1-2H2/q-1. The van der Waals surface area contributed by atoms with Crippen molar-refractivity contribution < 1.29 is 35.7 Å². The summed E-state index contributed by atoms with van der Waals surface area (Å²) in [7, 11) is 0. The maximum absolute atomic E-state index is 11.6. The van der Waals surface area contributed by atoms with Gasteiger partial charge < -0.3 is 0 Å². The summed E-state index contributed by atoms with van der Waals surface area (Å²) < 4.78 is 15.9. The first-order chi connectivity index (χ1) is 7.74. The normalized spacial score (nSPS) is 54.7. The van der Waals surface area contributed by atoms with E-state index in [-0.39, 0.29) is 49.7 Å². The third-order valence-corrected chi connectivity index (χ3v) is 8.55. The van der Waals surface area contributed by atoms with Crippen molar-refractivity contribution in [2.75, 3.05) is 0 Å². The summed E-state index contributed by atoms with van der Waals surface area (Å²) in [6.45, 7) is 0. The Morgan fingerprint density at radius 2 is 2.38 bits per heavy atom. The van der Waals surface area contributed by atoms with E-state index < -0.39 is 0 Å². The molecule has 0 radical (unpaired) electrons. The summed E-state index contributed by atoms with van der Waals surface area (Å²) in [5.74, 6) is 1.27. The molecule has 4 nitrogen and oxygen atoms in total. The molecule has 0 aromatic heterocycles. The van der Waals surface area contributed by atoms with Gasteiger partial charge in [-0.2, -0.15) is 0 Å². The molecule has 4 aliphatic rings. The number of carbonyl (C=O) groups is 1. The van der Waals surface area contributed by atoms with E-state index in [0.29, 0.717) is 15.9 Å². The SMILES string of the molecule is O=C1OC2C3CC(CC13)C2OC(I)C1N[I-]1. The summed E-state index contributed by atoms with van der Waals surface area (Å²) in [5, 5.41) is 0. The second-order valence-corrected chi connectivity index (χ2v) is 8.79. The van der Waals surface area contributed by atoms with Crippen LogP contribution in [-0.2, 0) is 14.3 Å². The van der Waals surface area contributed by atoms with Gasteiger partial charge in [0.15, 0.2) is 0 Å². The van der Waals surface area contributed by atoms with Gasteiger partial charge in [-0.05, 0) is 0 Å². The van der Waals surface area contributed by atoms with Crippen LogP contribution < -0.4 is 25.0 Å². The van der Waals surface area contributed by atoms with Gasteiger partial charge in [0.05, 0.1) is 0 Å². The van der Waals surface area contributed by atoms with Crippen LogP contribution in [-0.4, -0.2) is 26.3 Å². The topological polar surface area (TPSA) is 57.5 Å². The van der Waals surface area contributed by atoms with Crippen LogP contribution in [0.2, 0.25) is 0 Å². The van der Waals surface area contributed by atoms with E-state index in [1.807, 2.05) is 0 Å². The predicted molar refractivity (Wildman–Crippen MR) is 59.2 cm³/mol. The minimum atomic E-state index is 0.0329. The van der Waals surface area contributed by atoms with Crippen LogP contribution in [0.3, 0.4) is 0 Å². The number of hydrogen-bond acceptors (Lipinski definition) is 4. The van der Waals surface area contributed by atoms with Crippen molar-refractivity contribution in [3.63, 3.8) is 0 Å². The van der Waals surface area contributed by atoms with Crippen molar-refractivity contribution in [1.82, 2.24) is 3.53 Å². The molecule has 7 unspecified atom stereocenters. The molecule has 7 atom stereocenters. The number of rotatable bonds is 3. The third-order valence-electron chi connectivity index (χ3n) is 4.17.